The van der Waals surface area contributed by atoms with Crippen LogP contribution in [-0.2, 0) is 20.8 Å². The molecule has 35 heavy (non-hydrogen) atoms. The number of carbonyl (C=O) groups excluding carboxylic acids is 2. The summed E-state index contributed by atoms with van der Waals surface area (Å²) in [6.07, 6.45) is 0.0637. The van der Waals surface area contributed by atoms with Gasteiger partial charge in [-0.25, -0.2) is 4.90 Å². The topological polar surface area (TPSA) is 86.7 Å². The lowest BCUT2D eigenvalue weighted by molar-refractivity contribution is -0.148. The molecule has 4 atom stereocenters. The Morgan fingerprint density at radius 1 is 0.971 bits per heavy atom. The highest BCUT2D eigenvalue weighted by Gasteiger charge is 2.68. The van der Waals surface area contributed by atoms with Gasteiger partial charge in [0.25, 0.3) is 0 Å². The molecule has 3 aromatic carbocycles. The minimum Gasteiger partial charge on any atom is -0.480 e. The lowest BCUT2D eigenvalue weighted by Crippen LogP contribution is -2.57. The quantitative estimate of drug-likeness (QED) is 0.517. The number of fused-ring (bicyclic) bond motifs is 1. The van der Waals surface area contributed by atoms with Gasteiger partial charge >= 0.3 is 5.97 Å². The number of halogens is 1. The number of amides is 2. The van der Waals surface area contributed by atoms with Crippen molar-refractivity contribution in [2.45, 2.75) is 31.8 Å². The molecule has 7 heteroatoms. The third-order valence-corrected chi connectivity index (χ3v) is 7.71. The first-order valence-electron chi connectivity index (χ1n) is 11.5. The van der Waals surface area contributed by atoms with Crippen molar-refractivity contribution in [3.05, 3.63) is 100 Å². The van der Waals surface area contributed by atoms with E-state index in [1.807, 2.05) is 68.4 Å². The molecule has 0 spiro atoms. The molecule has 2 fully saturated rings. The molecule has 0 aromatic heterocycles. The Morgan fingerprint density at radius 2 is 1.66 bits per heavy atom. The van der Waals surface area contributed by atoms with Crippen LogP contribution in [0.1, 0.15) is 28.3 Å². The maximum Gasteiger partial charge on any atom is 0.325 e. The van der Waals surface area contributed by atoms with Crippen LogP contribution < -0.4 is 10.2 Å². The normalized spacial score (nSPS) is 25.7. The molecule has 5 rings (SSSR count). The van der Waals surface area contributed by atoms with Crippen molar-refractivity contribution in [2.75, 3.05) is 4.90 Å². The number of nitrogens with zero attached hydrogens (tertiary/aromatic N) is 1. The zero-order valence-electron chi connectivity index (χ0n) is 19.4. The van der Waals surface area contributed by atoms with Gasteiger partial charge in [-0.3, -0.25) is 19.7 Å². The van der Waals surface area contributed by atoms with Crippen molar-refractivity contribution < 1.29 is 19.5 Å². The van der Waals surface area contributed by atoms with Crippen LogP contribution in [0.15, 0.2) is 72.8 Å². The molecule has 2 heterocycles. The SMILES string of the molecule is Cc1ccc(N2C(=O)C3C(c4ccccc4C)NC(Cc4ccccc4)(C(=O)O)C3C2=O)cc1Cl. The van der Waals surface area contributed by atoms with Crippen molar-refractivity contribution >= 4 is 35.1 Å². The lowest BCUT2D eigenvalue weighted by Gasteiger charge is -2.31. The minimum atomic E-state index is -1.66. The van der Waals surface area contributed by atoms with Gasteiger partial charge in [0.1, 0.15) is 5.54 Å². The molecule has 0 bridgehead atoms. The third-order valence-electron chi connectivity index (χ3n) is 7.30. The van der Waals surface area contributed by atoms with E-state index in [1.54, 1.807) is 18.2 Å². The Bertz CT molecular complexity index is 1340. The van der Waals surface area contributed by atoms with Crippen LogP contribution in [0, 0.1) is 25.7 Å². The molecule has 2 saturated heterocycles. The predicted octanol–water partition coefficient (Wildman–Crippen LogP) is 4.47. The van der Waals surface area contributed by atoms with Crippen LogP contribution in [0.4, 0.5) is 5.69 Å². The molecule has 2 aliphatic heterocycles. The summed E-state index contributed by atoms with van der Waals surface area (Å²) in [5.74, 6) is -4.06. The number of imide groups is 1. The van der Waals surface area contributed by atoms with Crippen molar-refractivity contribution in [3.8, 4) is 0 Å². The highest BCUT2D eigenvalue weighted by molar-refractivity contribution is 6.32. The monoisotopic (exact) mass is 488 g/mol. The number of rotatable bonds is 5. The van der Waals surface area contributed by atoms with Crippen LogP contribution in [0.3, 0.4) is 0 Å². The molecule has 6 nitrogen and oxygen atoms in total. The molecule has 4 unspecified atom stereocenters. The first-order valence-corrected chi connectivity index (χ1v) is 11.9. The van der Waals surface area contributed by atoms with E-state index in [9.17, 15) is 19.5 Å². The molecule has 0 radical (unpaired) electrons. The Kier molecular flexibility index (Phi) is 5.74. The van der Waals surface area contributed by atoms with E-state index in [2.05, 4.69) is 5.32 Å². The molecule has 2 amide bonds. The van der Waals surface area contributed by atoms with Gasteiger partial charge in [0.15, 0.2) is 0 Å². The zero-order valence-corrected chi connectivity index (χ0v) is 20.1. The maximum absolute atomic E-state index is 13.9. The molecule has 0 aliphatic carbocycles. The smallest absolute Gasteiger partial charge is 0.325 e. The van der Waals surface area contributed by atoms with Gasteiger partial charge in [-0.2, -0.15) is 0 Å². The average molecular weight is 489 g/mol. The summed E-state index contributed by atoms with van der Waals surface area (Å²) in [7, 11) is 0. The fourth-order valence-corrected chi connectivity index (χ4v) is 5.71. The predicted molar refractivity (Wildman–Crippen MR) is 133 cm³/mol. The van der Waals surface area contributed by atoms with Crippen LogP contribution in [0.2, 0.25) is 5.02 Å². The molecular weight excluding hydrogens is 464 g/mol. The first kappa shape index (κ1) is 23.3. The largest absolute Gasteiger partial charge is 0.480 e. The Labute approximate surface area is 208 Å². The number of aryl methyl sites for hydroxylation is 2. The Morgan fingerprint density at radius 3 is 2.31 bits per heavy atom. The summed E-state index contributed by atoms with van der Waals surface area (Å²) in [5, 5.41) is 14.3. The summed E-state index contributed by atoms with van der Waals surface area (Å²) >= 11 is 6.31. The van der Waals surface area contributed by atoms with E-state index in [4.69, 9.17) is 11.6 Å². The number of anilines is 1. The van der Waals surface area contributed by atoms with E-state index in [0.717, 1.165) is 27.2 Å². The van der Waals surface area contributed by atoms with Gasteiger partial charge in [-0.1, -0.05) is 72.3 Å². The van der Waals surface area contributed by atoms with Crippen LogP contribution >= 0.6 is 11.6 Å². The van der Waals surface area contributed by atoms with E-state index < -0.39 is 41.2 Å². The molecule has 2 aliphatic rings. The van der Waals surface area contributed by atoms with Gasteiger partial charge in [0.2, 0.25) is 11.8 Å². The van der Waals surface area contributed by atoms with E-state index in [0.29, 0.717) is 10.7 Å². The summed E-state index contributed by atoms with van der Waals surface area (Å²) in [6, 6.07) is 21.1. The van der Waals surface area contributed by atoms with Gasteiger partial charge in [-0.15, -0.1) is 0 Å². The third kappa shape index (κ3) is 3.65. The second-order valence-corrected chi connectivity index (χ2v) is 9.77. The van der Waals surface area contributed by atoms with Gasteiger partial charge in [0, 0.05) is 17.5 Å². The fourth-order valence-electron chi connectivity index (χ4n) is 5.53. The number of hydrogen-bond donors (Lipinski definition) is 2. The second-order valence-electron chi connectivity index (χ2n) is 9.37. The number of nitrogens with one attached hydrogen (secondary N) is 1. The number of hydrogen-bond acceptors (Lipinski definition) is 4. The summed E-state index contributed by atoms with van der Waals surface area (Å²) in [4.78, 5) is 41.9. The molecule has 0 saturated carbocycles. The number of carbonyl (C=O) groups is 3. The van der Waals surface area contributed by atoms with E-state index in [-0.39, 0.29) is 6.42 Å². The standard InChI is InChI=1S/C28H25ClN2O4/c1-16-8-6-7-11-20(16)24-22-23(28(30-24,27(34)35)15-18-9-4-3-5-10-18)26(33)31(25(22)32)19-13-12-17(2)21(29)14-19/h3-14,22-24,30H,15H2,1-2H3,(H,34,35). The minimum absolute atomic E-state index is 0.0637. The Hall–Kier alpha value is -3.48. The number of benzene rings is 3. The number of carboxylic acids is 1. The zero-order chi connectivity index (χ0) is 24.9. The maximum atomic E-state index is 13.9. The molecular formula is C28H25ClN2O4. The van der Waals surface area contributed by atoms with Crippen molar-refractivity contribution in [3.63, 3.8) is 0 Å². The fraction of sp³-hybridized carbons (Fsp3) is 0.250. The van der Waals surface area contributed by atoms with Crippen molar-refractivity contribution in [1.82, 2.24) is 5.32 Å². The summed E-state index contributed by atoms with van der Waals surface area (Å²) in [6.45, 7) is 3.75. The van der Waals surface area contributed by atoms with Gasteiger partial charge in [0.05, 0.1) is 17.5 Å². The summed E-state index contributed by atoms with van der Waals surface area (Å²) in [5.41, 5.74) is 2.01. The number of aliphatic carboxylic acids is 1. The van der Waals surface area contributed by atoms with Crippen molar-refractivity contribution in [1.29, 1.82) is 0 Å². The summed E-state index contributed by atoms with van der Waals surface area (Å²) < 4.78 is 0. The first-order chi connectivity index (χ1) is 16.7. The number of carboxylic acid groups (broad SMARTS) is 1. The highest BCUT2D eigenvalue weighted by atomic mass is 35.5. The molecule has 2 N–H and O–H groups in total. The van der Waals surface area contributed by atoms with Crippen molar-refractivity contribution in [2.24, 2.45) is 11.8 Å². The van der Waals surface area contributed by atoms with Gasteiger partial charge < -0.3 is 5.11 Å². The van der Waals surface area contributed by atoms with E-state index >= 15 is 0 Å². The van der Waals surface area contributed by atoms with E-state index in [1.165, 1.54) is 0 Å². The van der Waals surface area contributed by atoms with Crippen LogP contribution in [-0.4, -0.2) is 28.4 Å². The van der Waals surface area contributed by atoms with Crippen LogP contribution in [0.5, 0.6) is 0 Å². The van der Waals surface area contributed by atoms with Gasteiger partial charge in [-0.05, 0) is 48.2 Å². The highest BCUT2D eigenvalue weighted by Crippen LogP contribution is 2.51. The average Bonchev–Trinajstić information content (AvgIpc) is 3.31. The Balaban J connectivity index is 1.68. The molecule has 3 aromatic rings. The lowest BCUT2D eigenvalue weighted by atomic mass is 9.76. The van der Waals surface area contributed by atoms with Crippen LogP contribution in [0.25, 0.3) is 0 Å². The second kappa shape index (κ2) is 8.63. The molecule has 178 valence electrons.